The molecule has 65 valence electrons. The van der Waals surface area contributed by atoms with Gasteiger partial charge in [0, 0.05) is 5.56 Å². The van der Waals surface area contributed by atoms with Gasteiger partial charge in [-0.15, -0.1) is 0 Å². The van der Waals surface area contributed by atoms with E-state index in [4.69, 9.17) is 0 Å². The van der Waals surface area contributed by atoms with Gasteiger partial charge in [0.25, 0.3) is 0 Å². The lowest BCUT2D eigenvalue weighted by molar-refractivity contribution is 0.445. The van der Waals surface area contributed by atoms with E-state index in [0.717, 1.165) is 11.1 Å². The van der Waals surface area contributed by atoms with Gasteiger partial charge in [-0.25, -0.2) is 0 Å². The maximum Gasteiger partial charge on any atom is 0.119 e. The molecule has 0 bridgehead atoms. The van der Waals surface area contributed by atoms with Gasteiger partial charge in [-0.2, -0.15) is 0 Å². The average molecular weight is 163 g/mol. The molecular weight excluding hydrogens is 148 g/mol. The predicted octanol–water partition coefficient (Wildman–Crippen LogP) is 2.80. The van der Waals surface area contributed by atoms with Crippen LogP contribution in [0.1, 0.15) is 31.9 Å². The average Bonchev–Trinajstić information content (AvgIpc) is 1.82. The van der Waals surface area contributed by atoms with Crippen molar-refractivity contribution in [1.29, 1.82) is 0 Å². The highest BCUT2D eigenvalue weighted by atomic mass is 16.3. The molecule has 12 heavy (non-hydrogen) atoms. The third-order valence-electron chi connectivity index (χ3n) is 1.92. The lowest BCUT2D eigenvalue weighted by atomic mass is 9.83. The van der Waals surface area contributed by atoms with E-state index in [1.54, 1.807) is 12.1 Å². The van der Waals surface area contributed by atoms with E-state index in [1.165, 1.54) is 0 Å². The Morgan fingerprint density at radius 2 is 1.92 bits per heavy atom. The van der Waals surface area contributed by atoms with Crippen molar-refractivity contribution < 1.29 is 5.11 Å². The van der Waals surface area contributed by atoms with Crippen LogP contribution < -0.4 is 0 Å². The normalized spacial score (nSPS) is 11.7. The minimum atomic E-state index is -0.00801. The van der Waals surface area contributed by atoms with Crippen LogP contribution in [-0.2, 0) is 5.41 Å². The molecule has 1 N–H and O–H groups in total. The number of benzene rings is 1. The van der Waals surface area contributed by atoms with Crippen LogP contribution in [0.15, 0.2) is 12.1 Å². The number of rotatable bonds is 0. The van der Waals surface area contributed by atoms with Crippen molar-refractivity contribution in [3.63, 3.8) is 0 Å². The van der Waals surface area contributed by atoms with Crippen LogP contribution in [0.25, 0.3) is 0 Å². The number of phenolic OH excluding ortho intramolecular Hbond substituents is 1. The Balaban J connectivity index is 3.31. The van der Waals surface area contributed by atoms with Gasteiger partial charge in [-0.1, -0.05) is 26.8 Å². The Hall–Kier alpha value is -0.980. The third-order valence-corrected chi connectivity index (χ3v) is 1.92. The number of hydrogen-bond donors (Lipinski definition) is 1. The van der Waals surface area contributed by atoms with Crippen LogP contribution in [-0.4, -0.2) is 5.11 Å². The van der Waals surface area contributed by atoms with Gasteiger partial charge in [0.1, 0.15) is 5.75 Å². The summed E-state index contributed by atoms with van der Waals surface area (Å²) in [4.78, 5) is 0. The van der Waals surface area contributed by atoms with Crippen molar-refractivity contribution in [2.45, 2.75) is 33.1 Å². The quantitative estimate of drug-likeness (QED) is 0.623. The summed E-state index contributed by atoms with van der Waals surface area (Å²) in [6.07, 6.45) is 0. The zero-order valence-corrected chi connectivity index (χ0v) is 8.10. The fourth-order valence-electron chi connectivity index (χ4n) is 1.54. The molecule has 0 atom stereocenters. The van der Waals surface area contributed by atoms with Crippen molar-refractivity contribution in [3.8, 4) is 5.75 Å². The van der Waals surface area contributed by atoms with Crippen LogP contribution in [0, 0.1) is 13.0 Å². The monoisotopic (exact) mass is 163 g/mol. The summed E-state index contributed by atoms with van der Waals surface area (Å²) in [7, 11) is 0. The van der Waals surface area contributed by atoms with Gasteiger partial charge >= 0.3 is 0 Å². The van der Waals surface area contributed by atoms with E-state index >= 15 is 0 Å². The Bertz CT molecular complexity index is 261. The Morgan fingerprint density at radius 1 is 1.33 bits per heavy atom. The zero-order valence-electron chi connectivity index (χ0n) is 8.10. The highest BCUT2D eigenvalue weighted by Gasteiger charge is 2.19. The van der Waals surface area contributed by atoms with Gasteiger partial charge in [0.15, 0.2) is 0 Å². The lowest BCUT2D eigenvalue weighted by Crippen LogP contribution is -2.13. The summed E-state index contributed by atoms with van der Waals surface area (Å²) in [5.74, 6) is 0.374. The largest absolute Gasteiger partial charge is 0.508 e. The summed E-state index contributed by atoms with van der Waals surface area (Å²) < 4.78 is 0. The molecule has 1 heteroatoms. The highest BCUT2D eigenvalue weighted by molar-refractivity contribution is 5.42. The van der Waals surface area contributed by atoms with E-state index in [9.17, 15) is 5.11 Å². The first-order chi connectivity index (χ1) is 5.43. The summed E-state index contributed by atoms with van der Waals surface area (Å²) in [5, 5.41) is 9.61. The van der Waals surface area contributed by atoms with E-state index in [-0.39, 0.29) is 5.41 Å². The summed E-state index contributed by atoms with van der Waals surface area (Å²) in [6, 6.07) is 6.53. The molecule has 0 aliphatic rings. The summed E-state index contributed by atoms with van der Waals surface area (Å²) in [5.41, 5.74) is 2.01. The number of aromatic hydroxyl groups is 1. The molecule has 1 radical (unpaired) electrons. The minimum absolute atomic E-state index is 0.00801. The van der Waals surface area contributed by atoms with Crippen LogP contribution in [0.3, 0.4) is 0 Å². The van der Waals surface area contributed by atoms with Crippen molar-refractivity contribution in [3.05, 3.63) is 29.3 Å². The molecule has 0 saturated heterocycles. The molecule has 0 aromatic heterocycles. The maximum absolute atomic E-state index is 9.61. The van der Waals surface area contributed by atoms with Crippen LogP contribution in [0.4, 0.5) is 0 Å². The smallest absolute Gasteiger partial charge is 0.119 e. The second-order valence-electron chi connectivity index (χ2n) is 4.11. The lowest BCUT2D eigenvalue weighted by Gasteiger charge is -2.22. The van der Waals surface area contributed by atoms with Crippen molar-refractivity contribution in [2.24, 2.45) is 0 Å². The molecule has 1 aromatic rings. The van der Waals surface area contributed by atoms with E-state index in [1.807, 2.05) is 6.92 Å². The zero-order chi connectivity index (χ0) is 9.35. The molecule has 1 aromatic carbocycles. The third kappa shape index (κ3) is 1.60. The van der Waals surface area contributed by atoms with Crippen LogP contribution >= 0.6 is 0 Å². The van der Waals surface area contributed by atoms with Gasteiger partial charge < -0.3 is 5.11 Å². The first kappa shape index (κ1) is 9.11. The number of aryl methyl sites for hydroxylation is 1. The van der Waals surface area contributed by atoms with Crippen molar-refractivity contribution in [1.82, 2.24) is 0 Å². The van der Waals surface area contributed by atoms with Gasteiger partial charge in [-0.3, -0.25) is 0 Å². The van der Waals surface area contributed by atoms with E-state index in [0.29, 0.717) is 5.75 Å². The first-order valence-corrected chi connectivity index (χ1v) is 4.13. The highest BCUT2D eigenvalue weighted by Crippen LogP contribution is 2.32. The van der Waals surface area contributed by atoms with Crippen LogP contribution in [0.2, 0.25) is 0 Å². The maximum atomic E-state index is 9.61. The Labute approximate surface area is 74.1 Å². The second-order valence-corrected chi connectivity index (χ2v) is 4.11. The predicted molar refractivity (Wildman–Crippen MR) is 50.4 cm³/mol. The van der Waals surface area contributed by atoms with Crippen molar-refractivity contribution in [2.75, 3.05) is 0 Å². The molecule has 0 heterocycles. The standard InChI is InChI=1S/C11H15O/c1-8-6-5-7-9(12)10(8)11(2,3)4/h5,7,12H,1-4H3. The first-order valence-electron chi connectivity index (χ1n) is 4.13. The van der Waals surface area contributed by atoms with E-state index < -0.39 is 0 Å². The van der Waals surface area contributed by atoms with Gasteiger partial charge in [0.2, 0.25) is 0 Å². The number of hydrogen-bond acceptors (Lipinski definition) is 1. The SMILES string of the molecule is Cc1[c]ccc(O)c1C(C)(C)C. The second kappa shape index (κ2) is 2.81. The van der Waals surface area contributed by atoms with Gasteiger partial charge in [-0.05, 0) is 30.0 Å². The topological polar surface area (TPSA) is 20.2 Å². The van der Waals surface area contributed by atoms with Crippen molar-refractivity contribution >= 4 is 0 Å². The number of phenols is 1. The summed E-state index contributed by atoms with van der Waals surface area (Å²) in [6.45, 7) is 8.23. The molecule has 0 aliphatic heterocycles. The molecule has 0 saturated carbocycles. The molecule has 0 amide bonds. The molecule has 0 fully saturated rings. The molecular formula is C11H15O. The molecule has 0 aliphatic carbocycles. The van der Waals surface area contributed by atoms with E-state index in [2.05, 4.69) is 26.8 Å². The molecule has 1 nitrogen and oxygen atoms in total. The van der Waals surface area contributed by atoms with Gasteiger partial charge in [0.05, 0.1) is 0 Å². The molecule has 0 unspecified atom stereocenters. The van der Waals surface area contributed by atoms with Crippen LogP contribution in [0.5, 0.6) is 5.75 Å². The molecule has 1 rings (SSSR count). The Kier molecular flexibility index (Phi) is 2.14. The summed E-state index contributed by atoms with van der Waals surface area (Å²) >= 11 is 0. The molecule has 0 spiro atoms. The Morgan fingerprint density at radius 3 is 2.25 bits per heavy atom. The minimum Gasteiger partial charge on any atom is -0.508 e. The fourth-order valence-corrected chi connectivity index (χ4v) is 1.54. The fraction of sp³-hybridized carbons (Fsp3) is 0.455.